The Hall–Kier alpha value is -1.62. The van der Waals surface area contributed by atoms with Gasteiger partial charge in [-0.25, -0.2) is 0 Å². The van der Waals surface area contributed by atoms with Gasteiger partial charge in [-0.3, -0.25) is 0 Å². The number of anilines is 1. The van der Waals surface area contributed by atoms with Crippen LogP contribution in [-0.4, -0.2) is 10.2 Å². The highest BCUT2D eigenvalue weighted by Gasteiger charge is 2.18. The van der Waals surface area contributed by atoms with Gasteiger partial charge in [0.2, 0.25) is 5.13 Å². The van der Waals surface area contributed by atoms with Gasteiger partial charge in [-0.15, -0.1) is 10.2 Å². The van der Waals surface area contributed by atoms with Crippen molar-refractivity contribution in [1.82, 2.24) is 10.2 Å². The molecule has 0 aliphatic rings. The third-order valence-electron chi connectivity index (χ3n) is 2.53. The molecule has 4 nitrogen and oxygen atoms in total. The molecule has 0 bridgehead atoms. The van der Waals surface area contributed by atoms with E-state index in [4.69, 9.17) is 10.5 Å². The van der Waals surface area contributed by atoms with E-state index >= 15 is 0 Å². The van der Waals surface area contributed by atoms with Gasteiger partial charge in [0.05, 0.1) is 0 Å². The van der Waals surface area contributed by atoms with Crippen molar-refractivity contribution in [3.8, 4) is 5.75 Å². The summed E-state index contributed by atoms with van der Waals surface area (Å²) >= 11 is 1.35. The van der Waals surface area contributed by atoms with Gasteiger partial charge in [-0.2, -0.15) is 0 Å². The third kappa shape index (κ3) is 2.98. The lowest BCUT2D eigenvalue weighted by Crippen LogP contribution is -2.13. The number of aromatic nitrogens is 2. The summed E-state index contributed by atoms with van der Waals surface area (Å²) in [6.45, 7) is 6.90. The van der Waals surface area contributed by atoms with Crippen molar-refractivity contribution in [1.29, 1.82) is 0 Å². The molecule has 1 aromatic heterocycles. The molecule has 2 aromatic rings. The van der Waals surface area contributed by atoms with Crippen LogP contribution in [0.3, 0.4) is 0 Å². The molecule has 0 atom stereocenters. The molecular weight excluding hydrogens is 246 g/mol. The highest BCUT2D eigenvalue weighted by molar-refractivity contribution is 7.15. The molecule has 0 aliphatic carbocycles. The van der Waals surface area contributed by atoms with E-state index in [0.29, 0.717) is 11.7 Å². The van der Waals surface area contributed by atoms with Crippen molar-refractivity contribution in [2.45, 2.75) is 32.8 Å². The Morgan fingerprint density at radius 3 is 2.56 bits per heavy atom. The Morgan fingerprint density at radius 2 is 1.94 bits per heavy atom. The highest BCUT2D eigenvalue weighted by atomic mass is 32.1. The minimum absolute atomic E-state index is 0.0523. The second-order valence-corrected chi connectivity index (χ2v) is 6.16. The van der Waals surface area contributed by atoms with E-state index in [-0.39, 0.29) is 5.41 Å². The lowest BCUT2D eigenvalue weighted by Gasteiger charge is -2.22. The second kappa shape index (κ2) is 4.94. The van der Waals surface area contributed by atoms with E-state index in [1.807, 2.05) is 18.2 Å². The Balaban J connectivity index is 2.14. The molecule has 18 heavy (non-hydrogen) atoms. The highest BCUT2D eigenvalue weighted by Crippen LogP contribution is 2.31. The fraction of sp³-hybridized carbons (Fsp3) is 0.385. The third-order valence-corrected chi connectivity index (χ3v) is 3.25. The quantitative estimate of drug-likeness (QED) is 0.924. The molecule has 0 saturated carbocycles. The van der Waals surface area contributed by atoms with E-state index < -0.39 is 0 Å². The van der Waals surface area contributed by atoms with Crippen LogP contribution >= 0.6 is 11.3 Å². The van der Waals surface area contributed by atoms with Crippen molar-refractivity contribution < 1.29 is 4.74 Å². The van der Waals surface area contributed by atoms with Crippen LogP contribution in [0.4, 0.5) is 5.13 Å². The number of nitrogens with zero attached hydrogens (tertiary/aromatic N) is 2. The zero-order chi connectivity index (χ0) is 13.2. The second-order valence-electron chi connectivity index (χ2n) is 5.07. The molecule has 2 rings (SSSR count). The van der Waals surface area contributed by atoms with Crippen LogP contribution in [0.1, 0.15) is 31.3 Å². The molecule has 1 heterocycles. The number of para-hydroxylation sites is 1. The van der Waals surface area contributed by atoms with Crippen molar-refractivity contribution >= 4 is 16.5 Å². The molecule has 1 aromatic carbocycles. The van der Waals surface area contributed by atoms with Gasteiger partial charge in [-0.05, 0) is 17.0 Å². The Labute approximate surface area is 111 Å². The summed E-state index contributed by atoms with van der Waals surface area (Å²) in [4.78, 5) is 0. The molecule has 0 saturated heterocycles. The van der Waals surface area contributed by atoms with Crippen molar-refractivity contribution in [2.75, 3.05) is 5.73 Å². The number of rotatable bonds is 3. The summed E-state index contributed by atoms with van der Waals surface area (Å²) in [6, 6.07) is 8.06. The average molecular weight is 263 g/mol. The number of nitrogen functional groups attached to an aromatic ring is 1. The van der Waals surface area contributed by atoms with Gasteiger partial charge < -0.3 is 10.5 Å². The van der Waals surface area contributed by atoms with E-state index in [0.717, 1.165) is 10.8 Å². The molecule has 96 valence electrons. The number of ether oxygens (including phenoxy) is 1. The molecule has 0 amide bonds. The van der Waals surface area contributed by atoms with Crippen LogP contribution in [0, 0.1) is 0 Å². The zero-order valence-corrected chi connectivity index (χ0v) is 11.6. The Kier molecular flexibility index (Phi) is 3.52. The molecule has 2 N–H and O–H groups in total. The normalized spacial score (nSPS) is 11.5. The lowest BCUT2D eigenvalue weighted by atomic mass is 9.86. The lowest BCUT2D eigenvalue weighted by molar-refractivity contribution is 0.296. The summed E-state index contributed by atoms with van der Waals surface area (Å²) < 4.78 is 5.82. The van der Waals surface area contributed by atoms with Gasteiger partial charge >= 0.3 is 0 Å². The first-order valence-electron chi connectivity index (χ1n) is 5.77. The first kappa shape index (κ1) is 12.8. The first-order valence-corrected chi connectivity index (χ1v) is 6.58. The number of nitrogens with two attached hydrogens (primary N) is 1. The van der Waals surface area contributed by atoms with Crippen LogP contribution in [0.25, 0.3) is 0 Å². The predicted octanol–water partition coefficient (Wildman–Crippen LogP) is 3.00. The fourth-order valence-corrected chi connectivity index (χ4v) is 2.20. The topological polar surface area (TPSA) is 61.0 Å². The Bertz CT molecular complexity index is 531. The van der Waals surface area contributed by atoms with Gasteiger partial charge in [-0.1, -0.05) is 50.3 Å². The summed E-state index contributed by atoms with van der Waals surface area (Å²) in [6.07, 6.45) is 0. The first-order chi connectivity index (χ1) is 8.47. The van der Waals surface area contributed by atoms with Crippen molar-refractivity contribution in [3.05, 3.63) is 34.8 Å². The minimum Gasteiger partial charge on any atom is -0.486 e. The van der Waals surface area contributed by atoms with Crippen LogP contribution in [0.15, 0.2) is 24.3 Å². The predicted molar refractivity (Wildman–Crippen MR) is 73.8 cm³/mol. The monoisotopic (exact) mass is 263 g/mol. The number of hydrogen-bond acceptors (Lipinski definition) is 5. The van der Waals surface area contributed by atoms with Crippen LogP contribution in [0.2, 0.25) is 0 Å². The van der Waals surface area contributed by atoms with Crippen molar-refractivity contribution in [3.63, 3.8) is 0 Å². The number of hydrogen-bond donors (Lipinski definition) is 1. The summed E-state index contributed by atoms with van der Waals surface area (Å²) in [5, 5.41) is 8.97. The Morgan fingerprint density at radius 1 is 1.22 bits per heavy atom. The number of benzene rings is 1. The molecule has 0 radical (unpaired) electrons. The maximum Gasteiger partial charge on any atom is 0.203 e. The fourth-order valence-electron chi connectivity index (χ4n) is 1.68. The minimum atomic E-state index is 0.0523. The maximum atomic E-state index is 5.82. The largest absolute Gasteiger partial charge is 0.486 e. The van der Waals surface area contributed by atoms with Gasteiger partial charge in [0.25, 0.3) is 0 Å². The maximum absolute atomic E-state index is 5.82. The summed E-state index contributed by atoms with van der Waals surface area (Å²) in [5.41, 5.74) is 6.77. The van der Waals surface area contributed by atoms with E-state index in [1.54, 1.807) is 0 Å². The molecule has 0 fully saturated rings. The van der Waals surface area contributed by atoms with Gasteiger partial charge in [0.1, 0.15) is 12.4 Å². The van der Waals surface area contributed by atoms with Crippen LogP contribution in [-0.2, 0) is 12.0 Å². The molecular formula is C13H17N3OS. The van der Waals surface area contributed by atoms with Crippen LogP contribution < -0.4 is 10.5 Å². The summed E-state index contributed by atoms with van der Waals surface area (Å²) in [5.74, 6) is 0.888. The average Bonchev–Trinajstić information content (AvgIpc) is 2.72. The summed E-state index contributed by atoms with van der Waals surface area (Å²) in [7, 11) is 0. The van der Waals surface area contributed by atoms with E-state index in [9.17, 15) is 0 Å². The van der Waals surface area contributed by atoms with Gasteiger partial charge in [0.15, 0.2) is 5.01 Å². The van der Waals surface area contributed by atoms with Gasteiger partial charge in [0, 0.05) is 0 Å². The molecule has 5 heteroatoms. The molecule has 0 spiro atoms. The van der Waals surface area contributed by atoms with Crippen molar-refractivity contribution in [2.24, 2.45) is 0 Å². The molecule has 0 unspecified atom stereocenters. The zero-order valence-electron chi connectivity index (χ0n) is 10.8. The molecule has 0 aliphatic heterocycles. The van der Waals surface area contributed by atoms with E-state index in [2.05, 4.69) is 37.0 Å². The standard InChI is InChI=1S/C13H17N3OS/c1-13(2,3)9-6-4-5-7-10(9)17-8-11-15-16-12(14)18-11/h4-7H,8H2,1-3H3,(H2,14,16). The van der Waals surface area contributed by atoms with E-state index in [1.165, 1.54) is 16.9 Å². The smallest absolute Gasteiger partial charge is 0.203 e. The van der Waals surface area contributed by atoms with Crippen LogP contribution in [0.5, 0.6) is 5.75 Å². The SMILES string of the molecule is CC(C)(C)c1ccccc1OCc1nnc(N)s1.